The Hall–Kier alpha value is -3.23. The number of likely N-dealkylation sites (N-methyl/N-ethyl adjacent to an activating group) is 1. The van der Waals surface area contributed by atoms with Gasteiger partial charge in [-0.1, -0.05) is 0 Å². The smallest absolute Gasteiger partial charge is 0.406 e. The third-order valence-electron chi connectivity index (χ3n) is 5.12. The van der Waals surface area contributed by atoms with E-state index in [-0.39, 0.29) is 23.3 Å². The highest BCUT2D eigenvalue weighted by Crippen LogP contribution is 2.30. The van der Waals surface area contributed by atoms with Crippen molar-refractivity contribution in [2.45, 2.75) is 32.2 Å². The zero-order chi connectivity index (χ0) is 21.6. The van der Waals surface area contributed by atoms with Crippen LogP contribution in [0.2, 0.25) is 0 Å². The molecule has 0 spiro atoms. The van der Waals surface area contributed by atoms with E-state index in [1.54, 1.807) is 6.20 Å². The quantitative estimate of drug-likeness (QED) is 0.635. The predicted molar refractivity (Wildman–Crippen MR) is 108 cm³/mol. The summed E-state index contributed by atoms with van der Waals surface area (Å²) < 4.78 is 44.7. The molecule has 0 aliphatic carbocycles. The van der Waals surface area contributed by atoms with Crippen molar-refractivity contribution in [1.29, 1.82) is 0 Å². The standard InChI is InChI=1S/C21H21F3N4O2/c1-13(2)27-9-8-17-18(14-10-25-26(3)11-14)12-28(20(29)19(17)27)15-4-6-16(7-5-15)30-21(22,23)24/h4-10,12-14H,11H2,1-3H3. The molecule has 9 heteroatoms. The number of ether oxygens (including phenoxy) is 1. The van der Waals surface area contributed by atoms with Crippen LogP contribution in [0.5, 0.6) is 5.75 Å². The molecule has 158 valence electrons. The van der Waals surface area contributed by atoms with Crippen LogP contribution in [-0.4, -0.2) is 40.3 Å². The Kier molecular flexibility index (Phi) is 4.83. The van der Waals surface area contributed by atoms with Gasteiger partial charge < -0.3 is 9.30 Å². The monoisotopic (exact) mass is 418 g/mol. The number of nitrogens with zero attached hydrogens (tertiary/aromatic N) is 4. The summed E-state index contributed by atoms with van der Waals surface area (Å²) in [4.78, 5) is 13.3. The molecule has 0 amide bonds. The van der Waals surface area contributed by atoms with Crippen LogP contribution in [0.1, 0.15) is 31.4 Å². The molecule has 4 rings (SSSR count). The number of rotatable bonds is 4. The maximum absolute atomic E-state index is 13.3. The van der Waals surface area contributed by atoms with E-state index < -0.39 is 6.36 Å². The summed E-state index contributed by atoms with van der Waals surface area (Å²) >= 11 is 0. The molecule has 30 heavy (non-hydrogen) atoms. The van der Waals surface area contributed by atoms with E-state index in [2.05, 4.69) is 9.84 Å². The molecule has 1 aromatic carbocycles. The predicted octanol–water partition coefficient (Wildman–Crippen LogP) is 4.29. The van der Waals surface area contributed by atoms with E-state index in [4.69, 9.17) is 0 Å². The minimum atomic E-state index is -4.77. The summed E-state index contributed by atoms with van der Waals surface area (Å²) in [6, 6.07) is 7.28. The second-order valence-corrected chi connectivity index (χ2v) is 7.59. The van der Waals surface area contributed by atoms with Gasteiger partial charge in [0.25, 0.3) is 5.56 Å². The minimum Gasteiger partial charge on any atom is -0.406 e. The first-order valence-corrected chi connectivity index (χ1v) is 9.51. The summed E-state index contributed by atoms with van der Waals surface area (Å²) in [5, 5.41) is 6.99. The Morgan fingerprint density at radius 1 is 1.17 bits per heavy atom. The molecule has 0 N–H and O–H groups in total. The number of hydrazone groups is 1. The molecule has 0 bridgehead atoms. The van der Waals surface area contributed by atoms with Gasteiger partial charge >= 0.3 is 6.36 Å². The third-order valence-corrected chi connectivity index (χ3v) is 5.12. The van der Waals surface area contributed by atoms with Crippen LogP contribution in [0.15, 0.2) is 52.6 Å². The van der Waals surface area contributed by atoms with Crippen LogP contribution in [0.25, 0.3) is 16.6 Å². The van der Waals surface area contributed by atoms with E-state index in [1.165, 1.54) is 28.8 Å². The average molecular weight is 418 g/mol. The van der Waals surface area contributed by atoms with Crippen molar-refractivity contribution < 1.29 is 17.9 Å². The van der Waals surface area contributed by atoms with Crippen molar-refractivity contribution in [3.05, 3.63) is 58.6 Å². The summed E-state index contributed by atoms with van der Waals surface area (Å²) in [5.74, 6) is -0.337. The molecule has 1 aliphatic heterocycles. The number of alkyl halides is 3. The van der Waals surface area contributed by atoms with Crippen molar-refractivity contribution in [2.24, 2.45) is 5.10 Å². The fourth-order valence-corrected chi connectivity index (χ4v) is 3.77. The first-order chi connectivity index (χ1) is 14.1. The lowest BCUT2D eigenvalue weighted by Crippen LogP contribution is -2.23. The fraction of sp³-hybridized carbons (Fsp3) is 0.333. The number of fused-ring (bicyclic) bond motifs is 1. The second-order valence-electron chi connectivity index (χ2n) is 7.59. The van der Waals surface area contributed by atoms with E-state index in [0.29, 0.717) is 17.7 Å². The molecule has 3 aromatic rings. The van der Waals surface area contributed by atoms with Gasteiger partial charge in [0.1, 0.15) is 11.3 Å². The number of aromatic nitrogens is 2. The maximum Gasteiger partial charge on any atom is 0.573 e. The van der Waals surface area contributed by atoms with Gasteiger partial charge in [-0.05, 0) is 49.7 Å². The van der Waals surface area contributed by atoms with E-state index in [9.17, 15) is 18.0 Å². The summed E-state index contributed by atoms with van der Waals surface area (Å²) in [7, 11) is 1.88. The molecule has 0 saturated heterocycles. The van der Waals surface area contributed by atoms with Crippen molar-refractivity contribution in [1.82, 2.24) is 14.1 Å². The Morgan fingerprint density at radius 2 is 1.87 bits per heavy atom. The molecular weight excluding hydrogens is 397 g/mol. The Labute approximate surface area is 170 Å². The van der Waals surface area contributed by atoms with E-state index in [0.717, 1.165) is 10.9 Å². The van der Waals surface area contributed by atoms with Gasteiger partial charge in [0, 0.05) is 55.2 Å². The number of benzene rings is 1. The van der Waals surface area contributed by atoms with Gasteiger partial charge in [-0.25, -0.2) is 0 Å². The van der Waals surface area contributed by atoms with Crippen LogP contribution in [0, 0.1) is 0 Å². The highest BCUT2D eigenvalue weighted by atomic mass is 19.4. The highest BCUT2D eigenvalue weighted by molar-refractivity contribution is 5.87. The lowest BCUT2D eigenvalue weighted by molar-refractivity contribution is -0.274. The van der Waals surface area contributed by atoms with Crippen LogP contribution in [-0.2, 0) is 0 Å². The van der Waals surface area contributed by atoms with Crippen molar-refractivity contribution >= 4 is 17.1 Å². The third kappa shape index (κ3) is 3.67. The Morgan fingerprint density at radius 3 is 2.43 bits per heavy atom. The second kappa shape index (κ2) is 7.23. The van der Waals surface area contributed by atoms with Gasteiger partial charge in [0.05, 0.1) is 0 Å². The zero-order valence-corrected chi connectivity index (χ0v) is 16.7. The van der Waals surface area contributed by atoms with E-state index >= 15 is 0 Å². The molecule has 0 fully saturated rings. The molecule has 1 aliphatic rings. The first-order valence-electron chi connectivity index (χ1n) is 9.51. The molecule has 0 saturated carbocycles. The SMILES string of the molecule is CC(C)n1ccc2c(C3C=NN(C)C3)cn(-c3ccc(OC(F)(F)F)cc3)c(=O)c21. The minimum absolute atomic E-state index is 0.000184. The number of pyridine rings is 1. The van der Waals surface area contributed by atoms with Gasteiger partial charge in [0.15, 0.2) is 0 Å². The number of halogens is 3. The van der Waals surface area contributed by atoms with Crippen molar-refractivity contribution in [3.63, 3.8) is 0 Å². The molecule has 1 atom stereocenters. The lowest BCUT2D eigenvalue weighted by Gasteiger charge is -2.17. The molecular formula is C21H21F3N4O2. The van der Waals surface area contributed by atoms with E-state index in [1.807, 2.05) is 48.9 Å². The van der Waals surface area contributed by atoms with Crippen molar-refractivity contribution in [3.8, 4) is 11.4 Å². The van der Waals surface area contributed by atoms with Crippen molar-refractivity contribution in [2.75, 3.05) is 13.6 Å². The van der Waals surface area contributed by atoms with Crippen LogP contribution in [0.4, 0.5) is 13.2 Å². The molecule has 2 aromatic heterocycles. The zero-order valence-electron chi connectivity index (χ0n) is 16.7. The molecule has 1 unspecified atom stereocenters. The van der Waals surface area contributed by atoms with Gasteiger partial charge in [-0.15, -0.1) is 13.2 Å². The number of hydrogen-bond acceptors (Lipinski definition) is 4. The normalized spacial score (nSPS) is 16.8. The maximum atomic E-state index is 13.3. The molecule has 0 radical (unpaired) electrons. The fourth-order valence-electron chi connectivity index (χ4n) is 3.77. The Bertz CT molecular complexity index is 1160. The topological polar surface area (TPSA) is 51.8 Å². The molecule has 6 nitrogen and oxygen atoms in total. The molecule has 3 heterocycles. The first kappa shape index (κ1) is 20.1. The Balaban J connectivity index is 1.87. The van der Waals surface area contributed by atoms with Gasteiger partial charge in [-0.3, -0.25) is 14.4 Å². The largest absolute Gasteiger partial charge is 0.573 e. The average Bonchev–Trinajstić information content (AvgIpc) is 3.29. The highest BCUT2D eigenvalue weighted by Gasteiger charge is 2.31. The summed E-state index contributed by atoms with van der Waals surface area (Å²) in [6.45, 7) is 4.66. The van der Waals surface area contributed by atoms with Crippen LogP contribution < -0.4 is 10.3 Å². The lowest BCUT2D eigenvalue weighted by atomic mass is 9.99. The van der Waals surface area contributed by atoms with Gasteiger partial charge in [-0.2, -0.15) is 5.10 Å². The van der Waals surface area contributed by atoms with Crippen LogP contribution in [0.3, 0.4) is 0 Å². The van der Waals surface area contributed by atoms with Gasteiger partial charge in [0.2, 0.25) is 0 Å². The van der Waals surface area contributed by atoms with Crippen LogP contribution >= 0.6 is 0 Å². The number of hydrogen-bond donors (Lipinski definition) is 0. The summed E-state index contributed by atoms with van der Waals surface area (Å²) in [6.07, 6.45) is 0.721. The summed E-state index contributed by atoms with van der Waals surface area (Å²) in [5.41, 5.74) is 1.71.